The highest BCUT2D eigenvalue weighted by Gasteiger charge is 2.36. The molecule has 0 aromatic heterocycles. The second-order valence-electron chi connectivity index (χ2n) is 10.8. The van der Waals surface area contributed by atoms with E-state index in [1.54, 1.807) is 4.90 Å². The second-order valence-corrected chi connectivity index (χ2v) is 11.6. The molecule has 1 aliphatic heterocycles. The Balaban J connectivity index is 1.79. The Morgan fingerprint density at radius 3 is 2.29 bits per heavy atom. The van der Waals surface area contributed by atoms with Crippen LogP contribution in [0.5, 0.6) is 0 Å². The zero-order valence-corrected chi connectivity index (χ0v) is 25.8. The van der Waals surface area contributed by atoms with Gasteiger partial charge in [-0.2, -0.15) is 0 Å². The van der Waals surface area contributed by atoms with E-state index in [1.165, 1.54) is 17.0 Å². The number of carbonyl (C=O) groups excluding carboxylic acids is 4. The number of nitrogens with zero attached hydrogens (tertiary/aromatic N) is 2. The normalized spacial score (nSPS) is 15.3. The van der Waals surface area contributed by atoms with Crippen LogP contribution in [0.3, 0.4) is 0 Å². The molecule has 12 heteroatoms. The molecule has 0 saturated carbocycles. The Morgan fingerprint density at radius 2 is 1.67 bits per heavy atom. The maximum atomic E-state index is 14.6. The minimum absolute atomic E-state index is 0.00903. The van der Waals surface area contributed by atoms with E-state index in [9.17, 15) is 23.6 Å². The monoisotopic (exact) mass is 621 g/mol. The Labute approximate surface area is 255 Å². The van der Waals surface area contributed by atoms with Crippen LogP contribution in [0.2, 0.25) is 10.0 Å². The number of benzene rings is 2. The minimum atomic E-state index is -1.11. The summed E-state index contributed by atoms with van der Waals surface area (Å²) in [7, 11) is 0. The third-order valence-electron chi connectivity index (χ3n) is 7.21. The van der Waals surface area contributed by atoms with E-state index in [0.717, 1.165) is 11.1 Å². The molecule has 0 saturated heterocycles. The van der Waals surface area contributed by atoms with Gasteiger partial charge in [-0.05, 0) is 63.9 Å². The molecule has 0 spiro atoms. The SMILES string of the molecule is CC(C)N(C(=O)CCC(=O)N1Cc2ccccc2C[C@H]1C(=O)N[C@@H](CCN)C(=O)Nc1ccc(Cl)c(Cl)c1F)C(C)C. The molecule has 9 nitrogen and oxygen atoms in total. The van der Waals surface area contributed by atoms with Gasteiger partial charge < -0.3 is 26.2 Å². The first-order valence-electron chi connectivity index (χ1n) is 14.0. The van der Waals surface area contributed by atoms with Crippen molar-refractivity contribution in [2.45, 2.75) is 84.1 Å². The molecule has 0 fully saturated rings. The van der Waals surface area contributed by atoms with E-state index in [-0.39, 0.29) is 78.4 Å². The van der Waals surface area contributed by atoms with Gasteiger partial charge in [0.05, 0.1) is 15.7 Å². The predicted octanol–water partition coefficient (Wildman–Crippen LogP) is 4.28. The van der Waals surface area contributed by atoms with Gasteiger partial charge >= 0.3 is 0 Å². The average molecular weight is 623 g/mol. The molecule has 228 valence electrons. The van der Waals surface area contributed by atoms with Crippen molar-refractivity contribution in [2.75, 3.05) is 11.9 Å². The number of hydrogen-bond donors (Lipinski definition) is 3. The molecule has 1 aliphatic rings. The summed E-state index contributed by atoms with van der Waals surface area (Å²) >= 11 is 11.7. The Morgan fingerprint density at radius 1 is 1.02 bits per heavy atom. The molecule has 2 aromatic rings. The fraction of sp³-hybridized carbons (Fsp3) is 0.467. The Hall–Kier alpha value is -3.21. The fourth-order valence-electron chi connectivity index (χ4n) is 5.22. The number of nitrogens with two attached hydrogens (primary N) is 1. The highest BCUT2D eigenvalue weighted by molar-refractivity contribution is 6.42. The molecule has 0 radical (unpaired) electrons. The molecule has 0 aliphatic carbocycles. The van der Waals surface area contributed by atoms with Crippen LogP contribution in [0.4, 0.5) is 10.1 Å². The van der Waals surface area contributed by atoms with Gasteiger partial charge in [-0.15, -0.1) is 0 Å². The summed E-state index contributed by atoms with van der Waals surface area (Å²) in [6.07, 6.45) is 0.232. The molecule has 1 heterocycles. The summed E-state index contributed by atoms with van der Waals surface area (Å²) < 4.78 is 14.6. The van der Waals surface area contributed by atoms with Crippen LogP contribution in [0.25, 0.3) is 0 Å². The summed E-state index contributed by atoms with van der Waals surface area (Å²) in [6, 6.07) is 8.03. The molecule has 3 rings (SSSR count). The molecule has 0 unspecified atom stereocenters. The minimum Gasteiger partial charge on any atom is -0.342 e. The lowest BCUT2D eigenvalue weighted by Crippen LogP contribution is -2.56. The second kappa shape index (κ2) is 14.8. The first-order chi connectivity index (χ1) is 19.8. The van der Waals surface area contributed by atoms with E-state index in [4.69, 9.17) is 28.9 Å². The maximum absolute atomic E-state index is 14.6. The third kappa shape index (κ3) is 7.99. The van der Waals surface area contributed by atoms with Gasteiger partial charge in [-0.3, -0.25) is 19.2 Å². The molecule has 2 aromatic carbocycles. The summed E-state index contributed by atoms with van der Waals surface area (Å²) in [5.41, 5.74) is 7.32. The molecule has 0 bridgehead atoms. The van der Waals surface area contributed by atoms with E-state index >= 15 is 0 Å². The zero-order chi connectivity index (χ0) is 31.1. The van der Waals surface area contributed by atoms with Crippen LogP contribution < -0.4 is 16.4 Å². The van der Waals surface area contributed by atoms with Gasteiger partial charge in [0.2, 0.25) is 23.6 Å². The highest BCUT2D eigenvalue weighted by atomic mass is 35.5. The van der Waals surface area contributed by atoms with Gasteiger partial charge in [-0.25, -0.2) is 4.39 Å². The van der Waals surface area contributed by atoms with Crippen molar-refractivity contribution in [3.8, 4) is 0 Å². The van der Waals surface area contributed by atoms with E-state index < -0.39 is 29.7 Å². The lowest BCUT2D eigenvalue weighted by atomic mass is 9.92. The topological polar surface area (TPSA) is 125 Å². The van der Waals surface area contributed by atoms with Crippen molar-refractivity contribution in [3.05, 3.63) is 63.4 Å². The van der Waals surface area contributed by atoms with E-state index in [1.807, 2.05) is 52.0 Å². The molecule has 4 N–H and O–H groups in total. The summed E-state index contributed by atoms with van der Waals surface area (Å²) in [5.74, 6) is -2.64. The van der Waals surface area contributed by atoms with Crippen molar-refractivity contribution >= 4 is 52.5 Å². The standard InChI is InChI=1S/C30H38Cl2FN5O4/c1-17(2)38(18(3)4)26(40)12-11-25(39)37-16-20-8-6-5-7-19(20)15-24(37)30(42)36-23(13-14-34)29(41)35-22-10-9-21(31)27(32)28(22)33/h5-10,17-18,23-24H,11-16,34H2,1-4H3,(H,35,41)(H,36,42)/t23-,24-/m0/s1. The van der Waals surface area contributed by atoms with Crippen molar-refractivity contribution < 1.29 is 23.6 Å². The number of anilines is 1. The lowest BCUT2D eigenvalue weighted by Gasteiger charge is -2.37. The van der Waals surface area contributed by atoms with Crippen LogP contribution in [0, 0.1) is 5.82 Å². The quantitative estimate of drug-likeness (QED) is 0.323. The maximum Gasteiger partial charge on any atom is 0.247 e. The van der Waals surface area contributed by atoms with Crippen LogP contribution >= 0.6 is 23.2 Å². The van der Waals surface area contributed by atoms with Gasteiger partial charge in [0.15, 0.2) is 5.82 Å². The lowest BCUT2D eigenvalue weighted by molar-refractivity contribution is -0.144. The van der Waals surface area contributed by atoms with E-state index in [2.05, 4.69) is 10.6 Å². The smallest absolute Gasteiger partial charge is 0.247 e. The number of rotatable bonds is 11. The Kier molecular flexibility index (Phi) is 11.7. The molecular formula is C30H38Cl2FN5O4. The number of amides is 4. The van der Waals surface area contributed by atoms with Crippen LogP contribution in [-0.4, -0.2) is 64.1 Å². The number of hydrogen-bond acceptors (Lipinski definition) is 5. The molecule has 2 atom stereocenters. The van der Waals surface area contributed by atoms with Crippen molar-refractivity contribution in [1.29, 1.82) is 0 Å². The predicted molar refractivity (Wildman–Crippen MR) is 161 cm³/mol. The summed E-state index contributed by atoms with van der Waals surface area (Å²) in [5, 5.41) is 4.78. The largest absolute Gasteiger partial charge is 0.342 e. The van der Waals surface area contributed by atoms with Crippen LogP contribution in [-0.2, 0) is 32.1 Å². The van der Waals surface area contributed by atoms with Crippen molar-refractivity contribution in [2.24, 2.45) is 5.73 Å². The summed E-state index contributed by atoms with van der Waals surface area (Å²) in [6.45, 7) is 7.93. The third-order valence-corrected chi connectivity index (χ3v) is 7.99. The van der Waals surface area contributed by atoms with Crippen LogP contribution in [0.15, 0.2) is 36.4 Å². The number of halogens is 3. The molecular weight excluding hydrogens is 584 g/mol. The van der Waals surface area contributed by atoms with Gasteiger partial charge in [-0.1, -0.05) is 47.5 Å². The van der Waals surface area contributed by atoms with E-state index in [0.29, 0.717) is 0 Å². The number of nitrogens with one attached hydrogen (secondary N) is 2. The number of carbonyl (C=O) groups is 4. The van der Waals surface area contributed by atoms with Crippen molar-refractivity contribution in [3.63, 3.8) is 0 Å². The Bertz CT molecular complexity index is 1310. The average Bonchev–Trinajstić information content (AvgIpc) is 2.94. The fourth-order valence-corrected chi connectivity index (χ4v) is 5.53. The zero-order valence-electron chi connectivity index (χ0n) is 24.3. The van der Waals surface area contributed by atoms with Gasteiger partial charge in [0.25, 0.3) is 0 Å². The molecule has 42 heavy (non-hydrogen) atoms. The van der Waals surface area contributed by atoms with Crippen molar-refractivity contribution in [1.82, 2.24) is 15.1 Å². The first kappa shape index (κ1) is 33.3. The first-order valence-corrected chi connectivity index (χ1v) is 14.7. The number of fused-ring (bicyclic) bond motifs is 1. The van der Waals surface area contributed by atoms with Gasteiger partial charge in [0, 0.05) is 37.9 Å². The highest BCUT2D eigenvalue weighted by Crippen LogP contribution is 2.30. The van der Waals surface area contributed by atoms with Gasteiger partial charge in [0.1, 0.15) is 12.1 Å². The molecule has 4 amide bonds. The van der Waals surface area contributed by atoms with Crippen LogP contribution in [0.1, 0.15) is 58.1 Å². The summed E-state index contributed by atoms with van der Waals surface area (Å²) in [4.78, 5) is 56.3.